The molecule has 0 aromatic heterocycles. The van der Waals surface area contributed by atoms with E-state index in [0.29, 0.717) is 0 Å². The zero-order valence-corrected chi connectivity index (χ0v) is 14.0. The molecule has 0 aliphatic heterocycles. The first-order valence-electron chi connectivity index (χ1n) is 8.23. The summed E-state index contributed by atoms with van der Waals surface area (Å²) >= 11 is 0. The molecule has 0 aliphatic carbocycles. The van der Waals surface area contributed by atoms with Crippen molar-refractivity contribution < 1.29 is 9.53 Å². The van der Waals surface area contributed by atoms with Crippen molar-refractivity contribution in [3.63, 3.8) is 0 Å². The van der Waals surface area contributed by atoms with Gasteiger partial charge in [0.1, 0.15) is 5.60 Å². The highest BCUT2D eigenvalue weighted by molar-refractivity contribution is 5.77. The molecule has 0 amide bonds. The molecule has 0 aromatic carbocycles. The smallest absolute Gasteiger partial charge is 0.312 e. The molecule has 0 bridgehead atoms. The van der Waals surface area contributed by atoms with Crippen molar-refractivity contribution >= 4 is 5.97 Å². The third-order valence-corrected chi connectivity index (χ3v) is 5.04. The Morgan fingerprint density at radius 3 is 1.63 bits per heavy atom. The molecule has 0 saturated heterocycles. The lowest BCUT2D eigenvalue weighted by atomic mass is 9.77. The van der Waals surface area contributed by atoms with Crippen LogP contribution >= 0.6 is 0 Å². The maximum absolute atomic E-state index is 12.7. The van der Waals surface area contributed by atoms with Crippen molar-refractivity contribution in [3.05, 3.63) is 0 Å². The van der Waals surface area contributed by atoms with Crippen LogP contribution in [0.3, 0.4) is 0 Å². The molecule has 114 valence electrons. The fourth-order valence-electron chi connectivity index (χ4n) is 2.78. The van der Waals surface area contributed by atoms with Crippen LogP contribution in [0.1, 0.15) is 92.9 Å². The first-order valence-corrected chi connectivity index (χ1v) is 8.23. The number of hydrogen-bond donors (Lipinski definition) is 0. The first kappa shape index (κ1) is 18.5. The lowest BCUT2D eigenvalue weighted by molar-refractivity contribution is -0.175. The van der Waals surface area contributed by atoms with Gasteiger partial charge in [-0.15, -0.1) is 0 Å². The number of hydrogen-bond acceptors (Lipinski definition) is 2. The summed E-state index contributed by atoms with van der Waals surface area (Å²) in [6.07, 6.45) is 7.69. The van der Waals surface area contributed by atoms with Crippen LogP contribution in [-0.4, -0.2) is 11.6 Å². The van der Waals surface area contributed by atoms with Crippen LogP contribution in [0.4, 0.5) is 0 Å². The molecule has 0 aliphatic rings. The van der Waals surface area contributed by atoms with E-state index in [1.165, 1.54) is 0 Å². The van der Waals surface area contributed by atoms with Gasteiger partial charge in [-0.1, -0.05) is 54.4 Å². The van der Waals surface area contributed by atoms with E-state index in [1.54, 1.807) is 0 Å². The zero-order chi connectivity index (χ0) is 14.9. The Morgan fingerprint density at radius 1 is 0.842 bits per heavy atom. The monoisotopic (exact) mass is 270 g/mol. The van der Waals surface area contributed by atoms with Gasteiger partial charge >= 0.3 is 5.97 Å². The number of esters is 1. The minimum Gasteiger partial charge on any atom is -0.459 e. The van der Waals surface area contributed by atoms with Crippen LogP contribution in [0.2, 0.25) is 0 Å². The normalized spacial score (nSPS) is 12.5. The van der Waals surface area contributed by atoms with Gasteiger partial charge in [-0.3, -0.25) is 4.79 Å². The lowest BCUT2D eigenvalue weighted by Crippen LogP contribution is -2.41. The summed E-state index contributed by atoms with van der Waals surface area (Å²) in [5, 5.41) is 0. The van der Waals surface area contributed by atoms with Gasteiger partial charge in [-0.2, -0.15) is 0 Å². The molecule has 0 rings (SSSR count). The van der Waals surface area contributed by atoms with Crippen molar-refractivity contribution in [2.75, 3.05) is 0 Å². The molecule has 0 unspecified atom stereocenters. The van der Waals surface area contributed by atoms with Gasteiger partial charge in [0.25, 0.3) is 0 Å². The van der Waals surface area contributed by atoms with Gasteiger partial charge in [0.2, 0.25) is 0 Å². The van der Waals surface area contributed by atoms with Gasteiger partial charge in [-0.05, 0) is 38.5 Å². The molecule has 0 N–H and O–H groups in total. The second-order valence-electron chi connectivity index (χ2n) is 5.72. The van der Waals surface area contributed by atoms with E-state index in [2.05, 4.69) is 41.5 Å². The Bertz CT molecular complexity index is 242. The summed E-state index contributed by atoms with van der Waals surface area (Å²) in [7, 11) is 0. The minimum absolute atomic E-state index is 0.0384. The van der Waals surface area contributed by atoms with E-state index in [9.17, 15) is 4.79 Å². The Hall–Kier alpha value is -0.530. The average molecular weight is 270 g/mol. The summed E-state index contributed by atoms with van der Waals surface area (Å²) in [5.74, 6) is 0.0384. The van der Waals surface area contributed by atoms with E-state index in [0.717, 1.165) is 51.4 Å². The fraction of sp³-hybridized carbons (Fsp3) is 0.941. The molecule has 2 heteroatoms. The molecular weight excluding hydrogens is 236 g/mol. The summed E-state index contributed by atoms with van der Waals surface area (Å²) in [6, 6.07) is 0. The molecule has 0 heterocycles. The second-order valence-corrected chi connectivity index (χ2v) is 5.72. The van der Waals surface area contributed by atoms with Crippen molar-refractivity contribution in [2.45, 2.75) is 98.5 Å². The predicted octanol–water partition coefficient (Wildman–Crippen LogP) is 5.50. The Morgan fingerprint density at radius 2 is 1.32 bits per heavy atom. The Kier molecular flexibility index (Phi) is 8.36. The van der Waals surface area contributed by atoms with E-state index < -0.39 is 0 Å². The summed E-state index contributed by atoms with van der Waals surface area (Å²) < 4.78 is 5.99. The van der Waals surface area contributed by atoms with Crippen molar-refractivity contribution in [3.8, 4) is 0 Å². The topological polar surface area (TPSA) is 26.3 Å². The van der Waals surface area contributed by atoms with E-state index in [-0.39, 0.29) is 17.0 Å². The van der Waals surface area contributed by atoms with Crippen molar-refractivity contribution in [1.82, 2.24) is 0 Å². The third-order valence-electron chi connectivity index (χ3n) is 5.04. The Balaban J connectivity index is 4.99. The Labute approximate surface area is 120 Å². The van der Waals surface area contributed by atoms with E-state index in [4.69, 9.17) is 4.74 Å². The van der Waals surface area contributed by atoms with Gasteiger partial charge in [-0.25, -0.2) is 0 Å². The number of carbonyl (C=O) groups is 1. The third kappa shape index (κ3) is 4.50. The molecule has 0 saturated carbocycles. The van der Waals surface area contributed by atoms with E-state index >= 15 is 0 Å². The molecule has 0 aromatic rings. The van der Waals surface area contributed by atoms with Gasteiger partial charge < -0.3 is 4.74 Å². The molecule has 2 nitrogen and oxygen atoms in total. The summed E-state index contributed by atoms with van der Waals surface area (Å²) in [4.78, 5) is 12.7. The number of carbonyl (C=O) groups excluding carboxylic acids is 1. The lowest BCUT2D eigenvalue weighted by Gasteiger charge is -2.37. The molecule has 0 fully saturated rings. The highest BCUT2D eigenvalue weighted by atomic mass is 16.6. The van der Waals surface area contributed by atoms with Crippen LogP contribution in [0, 0.1) is 5.41 Å². The van der Waals surface area contributed by atoms with Crippen LogP contribution < -0.4 is 0 Å². The zero-order valence-electron chi connectivity index (χ0n) is 14.0. The molecule has 19 heavy (non-hydrogen) atoms. The van der Waals surface area contributed by atoms with Crippen LogP contribution in [0.5, 0.6) is 0 Å². The minimum atomic E-state index is -0.263. The van der Waals surface area contributed by atoms with Gasteiger partial charge in [0.15, 0.2) is 0 Å². The standard InChI is InChI=1S/C17H34O2/c1-7-13-14-16(8-2,9-3)15(18)19-17(10-4,11-5)12-6/h7-14H2,1-6H3. The SMILES string of the molecule is CCCCC(CC)(CC)C(=O)OC(CC)(CC)CC. The summed E-state index contributed by atoms with van der Waals surface area (Å²) in [5.41, 5.74) is -0.514. The highest BCUT2D eigenvalue weighted by Gasteiger charge is 2.40. The van der Waals surface area contributed by atoms with Crippen LogP contribution in [0.15, 0.2) is 0 Å². The predicted molar refractivity (Wildman–Crippen MR) is 82.2 cm³/mol. The highest BCUT2D eigenvalue weighted by Crippen LogP contribution is 2.37. The maximum atomic E-state index is 12.7. The van der Waals surface area contributed by atoms with Crippen LogP contribution in [-0.2, 0) is 9.53 Å². The van der Waals surface area contributed by atoms with Gasteiger partial charge in [0.05, 0.1) is 5.41 Å². The number of ether oxygens (including phenoxy) is 1. The van der Waals surface area contributed by atoms with Crippen molar-refractivity contribution in [2.24, 2.45) is 5.41 Å². The maximum Gasteiger partial charge on any atom is 0.312 e. The molecular formula is C17H34O2. The molecule has 0 atom stereocenters. The van der Waals surface area contributed by atoms with Crippen molar-refractivity contribution in [1.29, 1.82) is 0 Å². The van der Waals surface area contributed by atoms with Crippen LogP contribution in [0.25, 0.3) is 0 Å². The fourth-order valence-corrected chi connectivity index (χ4v) is 2.78. The molecule has 0 radical (unpaired) electrons. The number of rotatable bonds is 10. The average Bonchev–Trinajstić information content (AvgIpc) is 2.46. The van der Waals surface area contributed by atoms with Gasteiger partial charge in [0, 0.05) is 0 Å². The quantitative estimate of drug-likeness (QED) is 0.490. The molecule has 0 spiro atoms. The van der Waals surface area contributed by atoms with E-state index in [1.807, 2.05) is 0 Å². The first-order chi connectivity index (χ1) is 8.99. The second kappa shape index (κ2) is 8.60. The number of unbranched alkanes of at least 4 members (excludes halogenated alkanes) is 1. The largest absolute Gasteiger partial charge is 0.459 e. The summed E-state index contributed by atoms with van der Waals surface area (Å²) in [6.45, 7) is 12.8.